The lowest BCUT2D eigenvalue weighted by Gasteiger charge is -2.52. The Labute approximate surface area is 171 Å². The number of sulfonamides is 1. The number of likely N-dealkylation sites (tertiary alicyclic amines) is 1. The van der Waals surface area contributed by atoms with Crippen LogP contribution >= 0.6 is 0 Å². The van der Waals surface area contributed by atoms with Gasteiger partial charge < -0.3 is 4.74 Å². The van der Waals surface area contributed by atoms with Crippen molar-refractivity contribution in [1.82, 2.24) is 14.2 Å². The lowest BCUT2D eigenvalue weighted by atomic mass is 9.87. The maximum atomic E-state index is 12.9. The lowest BCUT2D eigenvalue weighted by molar-refractivity contribution is -0.114. The zero-order valence-electron chi connectivity index (χ0n) is 16.3. The molecule has 2 unspecified atom stereocenters. The summed E-state index contributed by atoms with van der Waals surface area (Å²) in [6, 6.07) is 12.7. The van der Waals surface area contributed by atoms with E-state index < -0.39 is 10.0 Å². The average molecular weight is 413 g/mol. The fourth-order valence-corrected chi connectivity index (χ4v) is 5.78. The summed E-state index contributed by atoms with van der Waals surface area (Å²) < 4.78 is 33.1. The van der Waals surface area contributed by atoms with E-state index in [9.17, 15) is 8.42 Å². The number of methoxy groups -OCH3 is 1. The van der Waals surface area contributed by atoms with Gasteiger partial charge in [0.15, 0.2) is 0 Å². The third-order valence-corrected chi connectivity index (χ3v) is 7.88. The molecule has 0 saturated carbocycles. The Morgan fingerprint density at radius 3 is 2.34 bits per heavy atom. The standard InChI is InChI=1S/C21H24N4O3S/c1-28-20-15-25(21(20)17-6-10-23-11-7-17)18-8-12-24(13-9-18)29(26,27)19-4-2-16(14-22)3-5-19/h2-7,10-11,18,20-21H,8-9,12-13,15H2,1H3. The fourth-order valence-electron chi connectivity index (χ4n) is 4.31. The van der Waals surface area contributed by atoms with Crippen molar-refractivity contribution in [2.24, 2.45) is 0 Å². The first-order valence-electron chi connectivity index (χ1n) is 9.73. The second kappa shape index (κ2) is 8.20. The molecule has 0 N–H and O–H groups in total. The van der Waals surface area contributed by atoms with Crippen molar-refractivity contribution in [2.45, 2.75) is 35.9 Å². The first-order chi connectivity index (χ1) is 14.0. The van der Waals surface area contributed by atoms with Crippen LogP contribution in [0.5, 0.6) is 0 Å². The predicted molar refractivity (Wildman–Crippen MR) is 107 cm³/mol. The van der Waals surface area contributed by atoms with Crippen molar-refractivity contribution in [1.29, 1.82) is 5.26 Å². The molecule has 1 aromatic heterocycles. The highest BCUT2D eigenvalue weighted by Crippen LogP contribution is 2.39. The van der Waals surface area contributed by atoms with Crippen LogP contribution in [0, 0.1) is 11.3 Å². The van der Waals surface area contributed by atoms with E-state index in [-0.39, 0.29) is 17.0 Å². The van der Waals surface area contributed by atoms with Crippen molar-refractivity contribution < 1.29 is 13.2 Å². The molecule has 8 heteroatoms. The molecule has 4 rings (SSSR count). The molecule has 1 aromatic carbocycles. The SMILES string of the molecule is COC1CN(C2CCN(S(=O)(=O)c3ccc(C#N)cc3)CC2)C1c1ccncc1. The smallest absolute Gasteiger partial charge is 0.243 e. The summed E-state index contributed by atoms with van der Waals surface area (Å²) in [6.45, 7) is 1.84. The fraction of sp³-hybridized carbons (Fsp3) is 0.429. The van der Waals surface area contributed by atoms with Crippen LogP contribution in [0.4, 0.5) is 0 Å². The Morgan fingerprint density at radius 2 is 1.76 bits per heavy atom. The van der Waals surface area contributed by atoms with Gasteiger partial charge in [-0.05, 0) is 54.8 Å². The predicted octanol–water partition coefficient (Wildman–Crippen LogP) is 2.18. The number of nitriles is 1. The molecule has 2 saturated heterocycles. The van der Waals surface area contributed by atoms with E-state index in [1.807, 2.05) is 18.2 Å². The van der Waals surface area contributed by atoms with Crippen LogP contribution in [0.3, 0.4) is 0 Å². The number of ether oxygens (including phenoxy) is 1. The van der Waals surface area contributed by atoms with Crippen LogP contribution in [0.15, 0.2) is 53.7 Å². The molecule has 29 heavy (non-hydrogen) atoms. The van der Waals surface area contributed by atoms with Crippen LogP contribution in [-0.4, -0.2) is 61.5 Å². The molecule has 2 atom stereocenters. The molecule has 2 aromatic rings. The van der Waals surface area contributed by atoms with Gasteiger partial charge in [-0.3, -0.25) is 9.88 Å². The van der Waals surface area contributed by atoms with E-state index in [1.54, 1.807) is 35.9 Å². The summed E-state index contributed by atoms with van der Waals surface area (Å²) in [4.78, 5) is 6.77. The number of hydrogen-bond acceptors (Lipinski definition) is 6. The molecule has 7 nitrogen and oxygen atoms in total. The van der Waals surface area contributed by atoms with E-state index in [4.69, 9.17) is 10.00 Å². The van der Waals surface area contributed by atoms with Gasteiger partial charge in [0, 0.05) is 45.2 Å². The molecule has 152 valence electrons. The number of benzene rings is 1. The third kappa shape index (κ3) is 3.79. The van der Waals surface area contributed by atoms with Gasteiger partial charge in [-0.25, -0.2) is 8.42 Å². The van der Waals surface area contributed by atoms with E-state index in [0.29, 0.717) is 24.7 Å². The second-order valence-corrected chi connectivity index (χ2v) is 9.41. The quantitative estimate of drug-likeness (QED) is 0.748. The van der Waals surface area contributed by atoms with Gasteiger partial charge in [0.1, 0.15) is 0 Å². The van der Waals surface area contributed by atoms with Crippen LogP contribution in [0.25, 0.3) is 0 Å². The monoisotopic (exact) mass is 412 g/mol. The first-order valence-corrected chi connectivity index (χ1v) is 11.2. The Bertz CT molecular complexity index is 981. The number of aromatic nitrogens is 1. The maximum absolute atomic E-state index is 12.9. The average Bonchev–Trinajstić information content (AvgIpc) is 2.74. The zero-order chi connectivity index (χ0) is 20.4. The molecule has 0 aliphatic carbocycles. The molecular weight excluding hydrogens is 388 g/mol. The van der Waals surface area contributed by atoms with Crippen molar-refractivity contribution in [3.05, 3.63) is 59.9 Å². The second-order valence-electron chi connectivity index (χ2n) is 7.47. The molecule has 0 amide bonds. The highest BCUT2D eigenvalue weighted by molar-refractivity contribution is 7.89. The minimum Gasteiger partial charge on any atom is -0.378 e. The van der Waals surface area contributed by atoms with Gasteiger partial charge in [0.2, 0.25) is 10.0 Å². The Hall–Kier alpha value is -2.31. The summed E-state index contributed by atoms with van der Waals surface area (Å²) in [5.74, 6) is 0. The van der Waals surface area contributed by atoms with E-state index in [1.165, 1.54) is 17.7 Å². The molecule has 2 aliphatic heterocycles. The van der Waals surface area contributed by atoms with Crippen molar-refractivity contribution in [3.63, 3.8) is 0 Å². The third-order valence-electron chi connectivity index (χ3n) is 5.96. The van der Waals surface area contributed by atoms with Crippen LogP contribution < -0.4 is 0 Å². The summed E-state index contributed by atoms with van der Waals surface area (Å²) in [6.07, 6.45) is 5.32. The van der Waals surface area contributed by atoms with Gasteiger partial charge in [-0.15, -0.1) is 0 Å². The minimum absolute atomic E-state index is 0.151. The Balaban J connectivity index is 1.43. The molecule has 2 aliphatic rings. The molecule has 2 fully saturated rings. The largest absolute Gasteiger partial charge is 0.378 e. The first kappa shape index (κ1) is 20.0. The molecule has 0 spiro atoms. The number of nitrogens with zero attached hydrogens (tertiary/aromatic N) is 4. The Kier molecular flexibility index (Phi) is 5.65. The van der Waals surface area contributed by atoms with Gasteiger partial charge in [-0.2, -0.15) is 9.57 Å². The lowest BCUT2D eigenvalue weighted by Crippen LogP contribution is -2.60. The summed E-state index contributed by atoms with van der Waals surface area (Å²) in [5, 5.41) is 8.90. The highest BCUT2D eigenvalue weighted by atomic mass is 32.2. The van der Waals surface area contributed by atoms with Crippen LogP contribution in [-0.2, 0) is 14.8 Å². The molecule has 0 radical (unpaired) electrons. The maximum Gasteiger partial charge on any atom is 0.243 e. The molecular formula is C21H24N4O3S. The summed E-state index contributed by atoms with van der Waals surface area (Å²) in [5.41, 5.74) is 1.64. The number of pyridine rings is 1. The topological polar surface area (TPSA) is 86.5 Å². The van der Waals surface area contributed by atoms with Gasteiger partial charge in [0.25, 0.3) is 0 Å². The molecule has 0 bridgehead atoms. The molecule has 3 heterocycles. The van der Waals surface area contributed by atoms with Gasteiger partial charge >= 0.3 is 0 Å². The van der Waals surface area contributed by atoms with Crippen molar-refractivity contribution in [2.75, 3.05) is 26.7 Å². The van der Waals surface area contributed by atoms with Crippen LogP contribution in [0.1, 0.15) is 30.0 Å². The van der Waals surface area contributed by atoms with E-state index in [2.05, 4.69) is 9.88 Å². The summed E-state index contributed by atoms with van der Waals surface area (Å²) in [7, 11) is -1.79. The normalized spacial score (nSPS) is 24.0. The van der Waals surface area contributed by atoms with Gasteiger partial charge in [-0.1, -0.05) is 0 Å². The summed E-state index contributed by atoms with van der Waals surface area (Å²) >= 11 is 0. The van der Waals surface area contributed by atoms with E-state index in [0.717, 1.165) is 19.4 Å². The Morgan fingerprint density at radius 1 is 1.10 bits per heavy atom. The number of hydrogen-bond donors (Lipinski definition) is 0. The highest BCUT2D eigenvalue weighted by Gasteiger charge is 2.45. The van der Waals surface area contributed by atoms with E-state index >= 15 is 0 Å². The van der Waals surface area contributed by atoms with Gasteiger partial charge in [0.05, 0.1) is 28.7 Å². The minimum atomic E-state index is -3.53. The van der Waals surface area contributed by atoms with Crippen molar-refractivity contribution in [3.8, 4) is 6.07 Å². The number of rotatable bonds is 5. The zero-order valence-corrected chi connectivity index (χ0v) is 17.1. The number of piperidine rings is 1. The van der Waals surface area contributed by atoms with Crippen LogP contribution in [0.2, 0.25) is 0 Å². The van der Waals surface area contributed by atoms with Crippen molar-refractivity contribution >= 4 is 10.0 Å².